The highest BCUT2D eigenvalue weighted by atomic mass is 32.1. The van der Waals surface area contributed by atoms with Crippen molar-refractivity contribution in [1.82, 2.24) is 40.4 Å². The second-order valence-electron chi connectivity index (χ2n) is 18.4. The van der Waals surface area contributed by atoms with E-state index in [0.717, 1.165) is 92.0 Å². The molecule has 2 amide bonds. The number of carbonyl (C=O) groups excluding carboxylic acids is 2. The molecule has 5 aromatic rings. The Kier molecular flexibility index (Phi) is 13.3. The Morgan fingerprint density at radius 1 is 1.02 bits per heavy atom. The van der Waals surface area contributed by atoms with Gasteiger partial charge in [0.15, 0.2) is 11.6 Å². The van der Waals surface area contributed by atoms with Gasteiger partial charge in [0.25, 0.3) is 5.88 Å². The van der Waals surface area contributed by atoms with Crippen molar-refractivity contribution in [1.29, 1.82) is 0 Å². The highest BCUT2D eigenvalue weighted by Gasteiger charge is 2.44. The van der Waals surface area contributed by atoms with Gasteiger partial charge in [-0.15, -0.1) is 21.5 Å². The number of rotatable bonds is 14. The van der Waals surface area contributed by atoms with Crippen LogP contribution in [0.25, 0.3) is 21.7 Å². The molecule has 4 aliphatic heterocycles. The summed E-state index contributed by atoms with van der Waals surface area (Å²) in [6, 6.07) is 18.2. The van der Waals surface area contributed by atoms with Crippen molar-refractivity contribution in [3.05, 3.63) is 83.2 Å². The van der Waals surface area contributed by atoms with E-state index < -0.39 is 18.1 Å². The fourth-order valence-corrected chi connectivity index (χ4v) is 10.9. The zero-order valence-electron chi connectivity index (χ0n) is 37.6. The van der Waals surface area contributed by atoms with Crippen molar-refractivity contribution in [3.63, 3.8) is 0 Å². The first-order valence-corrected chi connectivity index (χ1v) is 23.9. The predicted octanol–water partition coefficient (Wildman–Crippen LogP) is 5.56. The van der Waals surface area contributed by atoms with Gasteiger partial charge in [-0.25, -0.2) is 4.98 Å². The zero-order valence-corrected chi connectivity index (χ0v) is 38.4. The number of aliphatic hydroxyl groups is 1. The third kappa shape index (κ3) is 9.83. The average Bonchev–Trinajstić information content (AvgIpc) is 4.06. The Balaban J connectivity index is 0.750. The van der Waals surface area contributed by atoms with Crippen LogP contribution in [0.15, 0.2) is 70.7 Å². The lowest BCUT2D eigenvalue weighted by molar-refractivity contribution is -0.141. The number of piperazine rings is 1. The maximum absolute atomic E-state index is 14.2. The third-order valence-electron chi connectivity index (χ3n) is 13.5. The predicted molar refractivity (Wildman–Crippen MR) is 249 cm³/mol. The number of aromatic hydroxyl groups is 1. The van der Waals surface area contributed by atoms with Gasteiger partial charge in [-0.3, -0.25) is 19.4 Å². The van der Waals surface area contributed by atoms with E-state index >= 15 is 0 Å². The van der Waals surface area contributed by atoms with Crippen LogP contribution in [0.4, 0.5) is 11.5 Å². The number of thiazole rings is 1. The first-order valence-electron chi connectivity index (χ1n) is 23.0. The van der Waals surface area contributed by atoms with Gasteiger partial charge >= 0.3 is 0 Å². The lowest BCUT2D eigenvalue weighted by Crippen LogP contribution is -2.59. The molecule has 0 unspecified atom stereocenters. The number of likely N-dealkylation sites (tertiary alicyclic amines) is 2. The Morgan fingerprint density at radius 2 is 1.85 bits per heavy atom. The second-order valence-corrected chi connectivity index (χ2v) is 19.3. The van der Waals surface area contributed by atoms with Crippen molar-refractivity contribution in [3.8, 4) is 33.3 Å². The molecule has 0 bridgehead atoms. The molecule has 0 saturated carbocycles. The number of phenolic OH excluding ortho intramolecular Hbond substituents is 1. The minimum Gasteiger partial charge on any atom is -0.507 e. The Labute approximate surface area is 384 Å². The first-order chi connectivity index (χ1) is 31.5. The van der Waals surface area contributed by atoms with Crippen molar-refractivity contribution in [2.45, 2.75) is 77.1 Å². The van der Waals surface area contributed by atoms with Gasteiger partial charge in [0.05, 0.1) is 45.7 Å². The number of hydrogen-bond donors (Lipinski definition) is 4. The van der Waals surface area contributed by atoms with E-state index in [0.29, 0.717) is 41.5 Å². The summed E-state index contributed by atoms with van der Waals surface area (Å²) in [7, 11) is 0. The second kappa shape index (κ2) is 19.5. The van der Waals surface area contributed by atoms with Crippen molar-refractivity contribution < 1.29 is 29.1 Å². The van der Waals surface area contributed by atoms with Gasteiger partial charge in [-0.05, 0) is 79.6 Å². The molecular weight excluding hydrogens is 845 g/mol. The highest BCUT2D eigenvalue weighted by molar-refractivity contribution is 7.13. The normalized spacial score (nSPS) is 22.2. The fraction of sp³-hybridized carbons (Fsp3) is 0.500. The van der Waals surface area contributed by atoms with Crippen LogP contribution in [0.2, 0.25) is 0 Å². The van der Waals surface area contributed by atoms with Crippen LogP contribution in [-0.4, -0.2) is 141 Å². The molecular formula is C48H60N10O6S. The number of β-amino-alcohol motifs (C(OH)–C–C–N with tert-alkyl or cyclic N) is 1. The highest BCUT2D eigenvalue weighted by Crippen LogP contribution is 2.37. The minimum absolute atomic E-state index is 0.0621. The molecule has 0 aliphatic carbocycles. The molecule has 3 saturated heterocycles. The summed E-state index contributed by atoms with van der Waals surface area (Å²) in [6.45, 7) is 15.7. The fourth-order valence-electron chi connectivity index (χ4n) is 10.1. The van der Waals surface area contributed by atoms with Crippen LogP contribution in [0.3, 0.4) is 0 Å². The number of carbonyl (C=O) groups is 2. The van der Waals surface area contributed by atoms with Gasteiger partial charge in [-0.2, -0.15) is 0 Å². The molecule has 4 aliphatic rings. The summed E-state index contributed by atoms with van der Waals surface area (Å²) in [5, 5.41) is 40.8. The SMILES string of the molecule is Cc1ncsc1-c1ccc([C@H](C)NC(=O)[C@@H]2C[C@@H](O)CN2C(=O)[C@@H](c2cc(OCCN3CCC[C@@H](CN4CCN5c6cc(-c7ccccc7O)nnc6NC[C@@H]5C4)C3)no2)C(C)C)cc1. The number of benzene rings is 2. The topological polar surface area (TPSA) is 186 Å². The number of hydrogen-bond acceptors (Lipinski definition) is 15. The van der Waals surface area contributed by atoms with Crippen LogP contribution in [0.5, 0.6) is 11.6 Å². The quantitative estimate of drug-likeness (QED) is 0.109. The lowest BCUT2D eigenvalue weighted by atomic mass is 9.91. The van der Waals surface area contributed by atoms with Crippen molar-refractivity contribution >= 4 is 34.7 Å². The largest absolute Gasteiger partial charge is 0.507 e. The van der Waals surface area contributed by atoms with Crippen LogP contribution in [0.1, 0.15) is 69.0 Å². The number of amides is 2. The number of fused-ring (bicyclic) bond motifs is 3. The molecule has 9 rings (SSSR count). The summed E-state index contributed by atoms with van der Waals surface area (Å²) >= 11 is 1.59. The molecule has 3 aromatic heterocycles. The molecule has 2 aromatic carbocycles. The zero-order chi connectivity index (χ0) is 45.2. The third-order valence-corrected chi connectivity index (χ3v) is 14.5. The Morgan fingerprint density at radius 3 is 2.63 bits per heavy atom. The molecule has 4 N–H and O–H groups in total. The molecule has 7 heterocycles. The standard InChI is InChI=1S/C48H60N10O6S/c1-29(2)44(48(62)58-27-36(59)20-40(58)47(61)51-30(3)33-11-13-34(14-12-33)45-31(4)50-28-65-45)42-22-43(54-64-42)63-19-18-55-15-7-8-32(24-55)25-56-16-17-57-35(26-56)23-49-46-39(57)21-38(52-53-46)37-9-5-6-10-41(37)60/h5-6,9-14,21-22,28-30,32,35-36,40,44,59-60H,7-8,15-20,23-27H2,1-4H3,(H,49,53)(H,51,61)/t30-,32+,35+,36+,40-,44+/m0/s1. The maximum Gasteiger partial charge on any atom is 0.254 e. The van der Waals surface area contributed by atoms with Crippen molar-refractivity contribution in [2.75, 3.05) is 75.7 Å². The molecule has 16 nitrogen and oxygen atoms in total. The number of piperidine rings is 1. The van der Waals surface area contributed by atoms with Crippen molar-refractivity contribution in [2.24, 2.45) is 11.8 Å². The molecule has 3 fully saturated rings. The number of ether oxygens (including phenoxy) is 1. The number of phenols is 1. The molecule has 65 heavy (non-hydrogen) atoms. The van der Waals surface area contributed by atoms with E-state index in [4.69, 9.17) is 9.26 Å². The molecule has 344 valence electrons. The average molecular weight is 905 g/mol. The van der Waals surface area contributed by atoms with Gasteiger partial charge in [0, 0.05) is 70.4 Å². The molecule has 0 spiro atoms. The van der Waals surface area contributed by atoms with Gasteiger partial charge in [-0.1, -0.05) is 50.2 Å². The Hall–Kier alpha value is -5.62. The van der Waals surface area contributed by atoms with Crippen LogP contribution in [0, 0.1) is 18.8 Å². The number of nitrogens with one attached hydrogen (secondary N) is 2. The van der Waals surface area contributed by atoms with E-state index in [1.807, 2.05) is 75.7 Å². The van der Waals surface area contributed by atoms with Crippen LogP contribution >= 0.6 is 11.3 Å². The van der Waals surface area contributed by atoms with Crippen LogP contribution < -0.4 is 20.3 Å². The lowest BCUT2D eigenvalue weighted by Gasteiger charge is -2.47. The summed E-state index contributed by atoms with van der Waals surface area (Å²) in [4.78, 5) is 42.5. The summed E-state index contributed by atoms with van der Waals surface area (Å²) < 4.78 is 11.9. The monoisotopic (exact) mass is 904 g/mol. The summed E-state index contributed by atoms with van der Waals surface area (Å²) in [5.74, 6) is 0.781. The van der Waals surface area contributed by atoms with Gasteiger partial charge < -0.3 is 39.9 Å². The molecule has 17 heteroatoms. The summed E-state index contributed by atoms with van der Waals surface area (Å²) in [5.41, 5.74) is 7.21. The van der Waals surface area contributed by atoms with Gasteiger partial charge in [0.2, 0.25) is 11.8 Å². The number of anilines is 2. The Bertz CT molecular complexity index is 2440. The van der Waals surface area contributed by atoms with E-state index in [-0.39, 0.29) is 42.5 Å². The van der Waals surface area contributed by atoms with E-state index in [9.17, 15) is 19.8 Å². The van der Waals surface area contributed by atoms with Crippen LogP contribution in [-0.2, 0) is 9.59 Å². The number of para-hydroxylation sites is 1. The number of nitrogens with zero attached hydrogens (tertiary/aromatic N) is 8. The van der Waals surface area contributed by atoms with E-state index in [1.165, 1.54) is 11.3 Å². The first kappa shape index (κ1) is 44.6. The van der Waals surface area contributed by atoms with E-state index in [1.54, 1.807) is 29.5 Å². The summed E-state index contributed by atoms with van der Waals surface area (Å²) in [6.07, 6.45) is 1.66. The number of aryl methyl sites for hydroxylation is 1. The smallest absolute Gasteiger partial charge is 0.254 e. The maximum atomic E-state index is 14.2. The molecule has 6 atom stereocenters. The number of aromatic nitrogens is 4. The molecule has 0 radical (unpaired) electrons. The minimum atomic E-state index is -0.820. The number of aliphatic hydroxyl groups excluding tert-OH is 1. The van der Waals surface area contributed by atoms with E-state index in [2.05, 4.69) is 45.7 Å². The van der Waals surface area contributed by atoms with Gasteiger partial charge in [0.1, 0.15) is 24.3 Å².